The van der Waals surface area contributed by atoms with Crippen molar-refractivity contribution in [3.05, 3.63) is 23.3 Å². The number of hydrogen-bond donors (Lipinski definition) is 1. The van der Waals surface area contributed by atoms with Gasteiger partial charge in [0.25, 0.3) is 0 Å². The van der Waals surface area contributed by atoms with Gasteiger partial charge in [0.1, 0.15) is 5.75 Å². The Morgan fingerprint density at radius 2 is 1.87 bits per heavy atom. The van der Waals surface area contributed by atoms with Crippen LogP contribution < -0.4 is 10.5 Å². The molecule has 1 aromatic carbocycles. The Morgan fingerprint density at radius 3 is 2.39 bits per heavy atom. The molecule has 2 rings (SSSR count). The third kappa shape index (κ3) is 3.67. The number of rotatable bonds is 5. The van der Waals surface area contributed by atoms with E-state index in [4.69, 9.17) is 10.5 Å². The second kappa shape index (κ2) is 6.88. The maximum atomic E-state index is 12.9. The third-order valence-electron chi connectivity index (χ3n) is 4.25. The van der Waals surface area contributed by atoms with Crippen LogP contribution in [0.3, 0.4) is 0 Å². The number of piperidine rings is 1. The van der Waals surface area contributed by atoms with Crippen LogP contribution in [0.5, 0.6) is 5.75 Å². The molecule has 2 N–H and O–H groups in total. The van der Waals surface area contributed by atoms with Crippen LogP contribution in [0, 0.1) is 19.8 Å². The van der Waals surface area contributed by atoms with Gasteiger partial charge in [-0.05, 0) is 56.9 Å². The first-order valence-electron chi connectivity index (χ1n) is 7.81. The van der Waals surface area contributed by atoms with E-state index in [1.165, 1.54) is 4.31 Å². The largest absolute Gasteiger partial charge is 0.494 e. The molecule has 0 radical (unpaired) electrons. The van der Waals surface area contributed by atoms with E-state index in [9.17, 15) is 13.2 Å². The fourth-order valence-corrected chi connectivity index (χ4v) is 4.63. The van der Waals surface area contributed by atoms with Crippen LogP contribution >= 0.6 is 0 Å². The molecule has 23 heavy (non-hydrogen) atoms. The van der Waals surface area contributed by atoms with Gasteiger partial charge in [-0.15, -0.1) is 0 Å². The highest BCUT2D eigenvalue weighted by Crippen LogP contribution is 2.30. The molecule has 1 aliphatic rings. The summed E-state index contributed by atoms with van der Waals surface area (Å²) in [5, 5.41) is 0. The highest BCUT2D eigenvalue weighted by atomic mass is 32.2. The minimum Gasteiger partial charge on any atom is -0.494 e. The molecule has 1 heterocycles. The number of benzene rings is 1. The molecule has 128 valence electrons. The molecule has 0 saturated carbocycles. The first-order valence-corrected chi connectivity index (χ1v) is 9.25. The lowest BCUT2D eigenvalue weighted by molar-refractivity contribution is -0.122. The number of hydrogen-bond acceptors (Lipinski definition) is 4. The second-order valence-corrected chi connectivity index (χ2v) is 7.80. The van der Waals surface area contributed by atoms with Crippen molar-refractivity contribution < 1.29 is 17.9 Å². The average molecular weight is 340 g/mol. The summed E-state index contributed by atoms with van der Waals surface area (Å²) in [5.74, 6) is 0.121. The van der Waals surface area contributed by atoms with Crippen molar-refractivity contribution in [2.24, 2.45) is 11.7 Å². The SMILES string of the molecule is CCOc1cc(C)c(S(=O)(=O)N2CCC(C(N)=O)CC2)cc1C. The maximum absolute atomic E-state index is 12.9. The number of nitrogens with zero attached hydrogens (tertiary/aromatic N) is 1. The Hall–Kier alpha value is -1.60. The summed E-state index contributed by atoms with van der Waals surface area (Å²) in [5.41, 5.74) is 6.76. The van der Waals surface area contributed by atoms with Crippen molar-refractivity contribution in [3.63, 3.8) is 0 Å². The van der Waals surface area contributed by atoms with Gasteiger partial charge in [-0.25, -0.2) is 8.42 Å². The molecule has 1 amide bonds. The van der Waals surface area contributed by atoms with Gasteiger partial charge < -0.3 is 10.5 Å². The Kier molecular flexibility index (Phi) is 5.31. The minimum absolute atomic E-state index is 0.232. The number of aryl methyl sites for hydroxylation is 2. The predicted octanol–water partition coefficient (Wildman–Crippen LogP) is 1.59. The fourth-order valence-electron chi connectivity index (χ4n) is 2.87. The Morgan fingerprint density at radius 1 is 1.26 bits per heavy atom. The Balaban J connectivity index is 2.27. The van der Waals surface area contributed by atoms with Crippen LogP contribution in [0.15, 0.2) is 17.0 Å². The predicted molar refractivity (Wildman–Crippen MR) is 87.8 cm³/mol. The van der Waals surface area contributed by atoms with E-state index in [0.717, 1.165) is 5.56 Å². The summed E-state index contributed by atoms with van der Waals surface area (Å²) in [6.45, 7) is 6.67. The van der Waals surface area contributed by atoms with E-state index in [1.807, 2.05) is 13.8 Å². The number of carbonyl (C=O) groups excluding carboxylic acids is 1. The molecule has 0 unspecified atom stereocenters. The first-order chi connectivity index (χ1) is 10.8. The fraction of sp³-hybridized carbons (Fsp3) is 0.562. The van der Waals surface area contributed by atoms with Crippen molar-refractivity contribution in [1.29, 1.82) is 0 Å². The van der Waals surface area contributed by atoms with Crippen molar-refractivity contribution in [2.75, 3.05) is 19.7 Å². The quantitative estimate of drug-likeness (QED) is 0.881. The van der Waals surface area contributed by atoms with Crippen LogP contribution in [0.4, 0.5) is 0 Å². The average Bonchev–Trinajstić information content (AvgIpc) is 2.50. The second-order valence-electron chi connectivity index (χ2n) is 5.90. The summed E-state index contributed by atoms with van der Waals surface area (Å²) in [6.07, 6.45) is 0.952. The van der Waals surface area contributed by atoms with E-state index in [1.54, 1.807) is 19.1 Å². The topological polar surface area (TPSA) is 89.7 Å². The monoisotopic (exact) mass is 340 g/mol. The van der Waals surface area contributed by atoms with Gasteiger partial charge in [-0.2, -0.15) is 4.31 Å². The van der Waals surface area contributed by atoms with Gasteiger partial charge in [-0.3, -0.25) is 4.79 Å². The van der Waals surface area contributed by atoms with Gasteiger partial charge in [0.05, 0.1) is 11.5 Å². The van der Waals surface area contributed by atoms with Crippen molar-refractivity contribution in [2.45, 2.75) is 38.5 Å². The standard InChI is InChI=1S/C16H24N2O4S/c1-4-22-14-9-12(3)15(10-11(14)2)23(20,21)18-7-5-13(6-8-18)16(17)19/h9-10,13H,4-8H2,1-3H3,(H2,17,19). The van der Waals surface area contributed by atoms with Crippen LogP contribution in [0.25, 0.3) is 0 Å². The molecule has 1 aliphatic heterocycles. The molecule has 0 aliphatic carbocycles. The lowest BCUT2D eigenvalue weighted by Gasteiger charge is -2.30. The van der Waals surface area contributed by atoms with Gasteiger partial charge in [0.15, 0.2) is 0 Å². The van der Waals surface area contributed by atoms with E-state index in [2.05, 4.69) is 0 Å². The molecule has 1 aromatic rings. The normalized spacial score (nSPS) is 17.2. The number of primary amides is 1. The third-order valence-corrected chi connectivity index (χ3v) is 6.29. The molecule has 1 fully saturated rings. The molecular formula is C16H24N2O4S. The molecule has 6 nitrogen and oxygen atoms in total. The van der Waals surface area contributed by atoms with Crippen LogP contribution in [-0.4, -0.2) is 38.3 Å². The summed E-state index contributed by atoms with van der Waals surface area (Å²) in [4.78, 5) is 11.5. The van der Waals surface area contributed by atoms with E-state index < -0.39 is 10.0 Å². The number of nitrogens with two attached hydrogens (primary N) is 1. The Labute approximate surface area is 137 Å². The summed E-state index contributed by atoms with van der Waals surface area (Å²) in [7, 11) is -3.57. The van der Waals surface area contributed by atoms with E-state index in [-0.39, 0.29) is 11.8 Å². The van der Waals surface area contributed by atoms with Gasteiger partial charge in [0.2, 0.25) is 15.9 Å². The Bertz CT molecular complexity index is 692. The smallest absolute Gasteiger partial charge is 0.243 e. The molecule has 0 bridgehead atoms. The first kappa shape index (κ1) is 17.7. The molecule has 0 atom stereocenters. The van der Waals surface area contributed by atoms with Crippen molar-refractivity contribution in [1.82, 2.24) is 4.31 Å². The summed E-state index contributed by atoms with van der Waals surface area (Å²) in [6, 6.07) is 3.43. The molecule has 0 aromatic heterocycles. The number of ether oxygens (including phenoxy) is 1. The zero-order chi connectivity index (χ0) is 17.2. The summed E-state index contributed by atoms with van der Waals surface area (Å²) < 4.78 is 32.7. The molecule has 1 saturated heterocycles. The van der Waals surface area contributed by atoms with Gasteiger partial charge in [0, 0.05) is 19.0 Å². The summed E-state index contributed by atoms with van der Waals surface area (Å²) >= 11 is 0. The zero-order valence-electron chi connectivity index (χ0n) is 13.8. The zero-order valence-corrected chi connectivity index (χ0v) is 14.6. The number of amides is 1. The highest BCUT2D eigenvalue weighted by Gasteiger charge is 2.32. The van der Waals surface area contributed by atoms with E-state index >= 15 is 0 Å². The lowest BCUT2D eigenvalue weighted by atomic mass is 9.98. The minimum atomic E-state index is -3.57. The molecule has 0 spiro atoms. The van der Waals surface area contributed by atoms with Crippen LogP contribution in [0.2, 0.25) is 0 Å². The van der Waals surface area contributed by atoms with Crippen LogP contribution in [0.1, 0.15) is 30.9 Å². The van der Waals surface area contributed by atoms with Crippen molar-refractivity contribution >= 4 is 15.9 Å². The van der Waals surface area contributed by atoms with E-state index in [0.29, 0.717) is 48.7 Å². The van der Waals surface area contributed by atoms with Crippen LogP contribution in [-0.2, 0) is 14.8 Å². The van der Waals surface area contributed by atoms with Gasteiger partial charge >= 0.3 is 0 Å². The lowest BCUT2D eigenvalue weighted by Crippen LogP contribution is -2.41. The number of carbonyl (C=O) groups is 1. The molecule has 7 heteroatoms. The molecular weight excluding hydrogens is 316 g/mol. The highest BCUT2D eigenvalue weighted by molar-refractivity contribution is 7.89. The van der Waals surface area contributed by atoms with Gasteiger partial charge in [-0.1, -0.05) is 0 Å². The van der Waals surface area contributed by atoms with Crippen molar-refractivity contribution in [3.8, 4) is 5.75 Å². The number of sulfonamides is 1. The maximum Gasteiger partial charge on any atom is 0.243 e.